The second-order valence-electron chi connectivity index (χ2n) is 5.71. The molecule has 10 heteroatoms. The first-order valence-electron chi connectivity index (χ1n) is 7.18. The fourth-order valence-corrected chi connectivity index (χ4v) is 3.31. The Hall–Kier alpha value is -2.07. The second kappa shape index (κ2) is 6.10. The Kier molecular flexibility index (Phi) is 4.26. The van der Waals surface area contributed by atoms with E-state index >= 15 is 0 Å². The number of hydrogen-bond donors (Lipinski definition) is 0. The van der Waals surface area contributed by atoms with Crippen molar-refractivity contribution in [1.29, 1.82) is 0 Å². The highest BCUT2D eigenvalue weighted by Gasteiger charge is 2.39. The molecule has 2 heterocycles. The Bertz CT molecular complexity index is 773. The SMILES string of the molecule is CS(=O)(=O)OC1CN(C(=O)N2N=CC[C@H]2c2cc(F)cc(F)c2)C1. The topological polar surface area (TPSA) is 79.3 Å². The van der Waals surface area contributed by atoms with Gasteiger partial charge in [0.15, 0.2) is 0 Å². The number of hydrazone groups is 1. The fraction of sp³-hybridized carbons (Fsp3) is 0.429. The van der Waals surface area contributed by atoms with Crippen molar-refractivity contribution in [2.75, 3.05) is 19.3 Å². The van der Waals surface area contributed by atoms with Crippen LogP contribution in [0.1, 0.15) is 18.0 Å². The molecule has 0 spiro atoms. The van der Waals surface area contributed by atoms with Crippen molar-refractivity contribution in [3.05, 3.63) is 35.4 Å². The summed E-state index contributed by atoms with van der Waals surface area (Å²) in [4.78, 5) is 13.8. The van der Waals surface area contributed by atoms with Crippen molar-refractivity contribution in [2.45, 2.75) is 18.6 Å². The Morgan fingerprint density at radius 2 is 1.88 bits per heavy atom. The van der Waals surface area contributed by atoms with Gasteiger partial charge in [-0.3, -0.25) is 4.18 Å². The predicted molar refractivity (Wildman–Crippen MR) is 80.7 cm³/mol. The second-order valence-corrected chi connectivity index (χ2v) is 7.31. The van der Waals surface area contributed by atoms with E-state index in [0.29, 0.717) is 12.0 Å². The molecule has 1 saturated heterocycles. The van der Waals surface area contributed by atoms with Gasteiger partial charge in [-0.25, -0.2) is 18.6 Å². The van der Waals surface area contributed by atoms with Crippen LogP contribution in [0.15, 0.2) is 23.3 Å². The van der Waals surface area contributed by atoms with Crippen LogP contribution in [0.25, 0.3) is 0 Å². The molecule has 0 bridgehead atoms. The number of benzene rings is 1. The van der Waals surface area contributed by atoms with Gasteiger partial charge in [0.25, 0.3) is 10.1 Å². The lowest BCUT2D eigenvalue weighted by Crippen LogP contribution is -2.58. The van der Waals surface area contributed by atoms with Crippen molar-refractivity contribution in [2.24, 2.45) is 5.10 Å². The molecule has 2 aliphatic rings. The van der Waals surface area contributed by atoms with E-state index in [1.54, 1.807) is 0 Å². The van der Waals surface area contributed by atoms with Crippen LogP contribution in [0.2, 0.25) is 0 Å². The van der Waals surface area contributed by atoms with Crippen LogP contribution in [0.4, 0.5) is 13.6 Å². The smallest absolute Gasteiger partial charge is 0.318 e. The largest absolute Gasteiger partial charge is 0.341 e. The average Bonchev–Trinajstić information content (AvgIpc) is 2.89. The summed E-state index contributed by atoms with van der Waals surface area (Å²) in [5.74, 6) is -1.45. The Morgan fingerprint density at radius 3 is 2.46 bits per heavy atom. The molecule has 1 aromatic carbocycles. The van der Waals surface area contributed by atoms with Gasteiger partial charge in [0.05, 0.1) is 25.4 Å². The van der Waals surface area contributed by atoms with Gasteiger partial charge >= 0.3 is 6.03 Å². The minimum absolute atomic E-state index is 0.113. The van der Waals surface area contributed by atoms with Crippen molar-refractivity contribution < 1.29 is 26.2 Å². The van der Waals surface area contributed by atoms with E-state index in [2.05, 4.69) is 5.10 Å². The number of carbonyl (C=O) groups is 1. The number of hydrogen-bond acceptors (Lipinski definition) is 5. The van der Waals surface area contributed by atoms with E-state index in [4.69, 9.17) is 4.18 Å². The molecule has 0 saturated carbocycles. The maximum Gasteiger partial charge on any atom is 0.341 e. The highest BCUT2D eigenvalue weighted by molar-refractivity contribution is 7.86. The number of nitrogens with zero attached hydrogens (tertiary/aromatic N) is 3. The van der Waals surface area contributed by atoms with Crippen molar-refractivity contribution >= 4 is 22.4 Å². The molecule has 1 fully saturated rings. The van der Waals surface area contributed by atoms with Gasteiger partial charge in [-0.05, 0) is 17.7 Å². The van der Waals surface area contributed by atoms with E-state index < -0.39 is 39.9 Å². The minimum Gasteiger partial charge on any atom is -0.318 e. The maximum atomic E-state index is 13.4. The summed E-state index contributed by atoms with van der Waals surface area (Å²) < 4.78 is 53.6. The van der Waals surface area contributed by atoms with E-state index in [1.807, 2.05) is 0 Å². The summed E-state index contributed by atoms with van der Waals surface area (Å²) in [7, 11) is -3.58. The molecule has 2 amide bonds. The lowest BCUT2D eigenvalue weighted by molar-refractivity contribution is 0.0318. The van der Waals surface area contributed by atoms with Gasteiger partial charge in [0.2, 0.25) is 0 Å². The van der Waals surface area contributed by atoms with E-state index in [0.717, 1.165) is 29.5 Å². The van der Waals surface area contributed by atoms with Gasteiger partial charge in [-0.15, -0.1) is 0 Å². The number of rotatable bonds is 3. The molecule has 0 aromatic heterocycles. The fourth-order valence-electron chi connectivity index (χ4n) is 2.69. The first kappa shape index (κ1) is 16.8. The van der Waals surface area contributed by atoms with Gasteiger partial charge in [-0.1, -0.05) is 0 Å². The summed E-state index contributed by atoms with van der Waals surface area (Å²) in [5.41, 5.74) is 0.308. The van der Waals surface area contributed by atoms with Crippen LogP contribution in [0, 0.1) is 11.6 Å². The van der Waals surface area contributed by atoms with E-state index in [1.165, 1.54) is 11.1 Å². The van der Waals surface area contributed by atoms with Gasteiger partial charge in [-0.2, -0.15) is 13.5 Å². The molecule has 2 aliphatic heterocycles. The van der Waals surface area contributed by atoms with Gasteiger partial charge in [0, 0.05) is 18.7 Å². The Labute approximate surface area is 137 Å². The molecule has 0 N–H and O–H groups in total. The molecule has 130 valence electrons. The highest BCUT2D eigenvalue weighted by Crippen LogP contribution is 2.31. The summed E-state index contributed by atoms with van der Waals surface area (Å²) in [5, 5.41) is 5.11. The quantitative estimate of drug-likeness (QED) is 0.766. The van der Waals surface area contributed by atoms with Gasteiger partial charge in [0.1, 0.15) is 17.7 Å². The summed E-state index contributed by atoms with van der Waals surface area (Å²) >= 11 is 0. The number of halogens is 2. The van der Waals surface area contributed by atoms with Crippen molar-refractivity contribution in [3.63, 3.8) is 0 Å². The standard InChI is InChI=1S/C14H15F2N3O4S/c1-24(21,22)23-12-7-18(8-12)14(20)19-13(2-3-17-19)9-4-10(15)6-11(16)5-9/h3-6,12-13H,2,7-8H2,1H3/t13-/m0/s1. The minimum atomic E-state index is -3.58. The van der Waals surface area contributed by atoms with Crippen molar-refractivity contribution in [3.8, 4) is 0 Å². The Morgan fingerprint density at radius 1 is 1.25 bits per heavy atom. The van der Waals surface area contributed by atoms with E-state index in [-0.39, 0.29) is 13.1 Å². The zero-order valence-corrected chi connectivity index (χ0v) is 13.5. The lowest BCUT2D eigenvalue weighted by atomic mass is 10.0. The molecule has 0 aliphatic carbocycles. The molecule has 3 rings (SSSR count). The van der Waals surface area contributed by atoms with Crippen LogP contribution < -0.4 is 0 Å². The molecule has 1 aromatic rings. The van der Waals surface area contributed by atoms with Crippen LogP contribution in [-0.2, 0) is 14.3 Å². The average molecular weight is 359 g/mol. The zero-order valence-electron chi connectivity index (χ0n) is 12.7. The summed E-state index contributed by atoms with van der Waals surface area (Å²) in [6, 6.07) is 2.01. The zero-order chi connectivity index (χ0) is 17.5. The predicted octanol–water partition coefficient (Wildman–Crippen LogP) is 1.48. The van der Waals surface area contributed by atoms with Crippen LogP contribution in [-0.4, -0.2) is 56.0 Å². The molecule has 24 heavy (non-hydrogen) atoms. The third-order valence-electron chi connectivity index (χ3n) is 3.73. The molecule has 7 nitrogen and oxygen atoms in total. The summed E-state index contributed by atoms with van der Waals surface area (Å²) in [6.07, 6.45) is 2.19. The lowest BCUT2D eigenvalue weighted by Gasteiger charge is -2.40. The molecular weight excluding hydrogens is 344 g/mol. The van der Waals surface area contributed by atoms with Crippen LogP contribution >= 0.6 is 0 Å². The number of carbonyl (C=O) groups excluding carboxylic acids is 1. The third kappa shape index (κ3) is 3.54. The number of likely N-dealkylation sites (tertiary alicyclic amines) is 1. The number of urea groups is 1. The number of amides is 2. The maximum absolute atomic E-state index is 13.4. The van der Waals surface area contributed by atoms with Crippen LogP contribution in [0.3, 0.4) is 0 Å². The normalized spacial score (nSPS) is 21.2. The highest BCUT2D eigenvalue weighted by atomic mass is 32.2. The summed E-state index contributed by atoms with van der Waals surface area (Å²) in [6.45, 7) is 0.226. The Balaban J connectivity index is 1.68. The molecule has 0 radical (unpaired) electrons. The van der Waals surface area contributed by atoms with Crippen LogP contribution in [0.5, 0.6) is 0 Å². The molecular formula is C14H15F2N3O4S. The van der Waals surface area contributed by atoms with E-state index in [9.17, 15) is 22.0 Å². The first-order valence-corrected chi connectivity index (χ1v) is 8.99. The third-order valence-corrected chi connectivity index (χ3v) is 4.35. The molecule has 0 unspecified atom stereocenters. The molecule has 1 atom stereocenters. The van der Waals surface area contributed by atoms with Gasteiger partial charge < -0.3 is 4.90 Å². The monoisotopic (exact) mass is 359 g/mol. The van der Waals surface area contributed by atoms with Crippen molar-refractivity contribution in [1.82, 2.24) is 9.91 Å². The first-order chi connectivity index (χ1) is 11.2.